The molecule has 1 heterocycles. The zero-order valence-electron chi connectivity index (χ0n) is 10.5. The van der Waals surface area contributed by atoms with Crippen molar-refractivity contribution in [3.8, 4) is 0 Å². The van der Waals surface area contributed by atoms with Crippen molar-refractivity contribution in [2.45, 2.75) is 12.8 Å². The minimum absolute atomic E-state index is 0.0454. The summed E-state index contributed by atoms with van der Waals surface area (Å²) in [7, 11) is 0. The number of rotatable bonds is 8. The number of carbonyl (C=O) groups is 1. The van der Waals surface area contributed by atoms with Gasteiger partial charge in [-0.3, -0.25) is 9.69 Å². The second-order valence-corrected chi connectivity index (χ2v) is 4.16. The molecule has 0 atom stereocenters. The van der Waals surface area contributed by atoms with E-state index in [4.69, 9.17) is 0 Å². The number of nitrogens with zero attached hydrogens (tertiary/aromatic N) is 1. The number of piperazine rings is 1. The number of hydrogen-bond acceptors (Lipinski definition) is 4. The highest BCUT2D eigenvalue weighted by molar-refractivity contribution is 5.75. The van der Waals surface area contributed by atoms with Gasteiger partial charge in [-0.25, -0.2) is 8.78 Å². The van der Waals surface area contributed by atoms with Crippen LogP contribution < -0.4 is 10.6 Å². The molecule has 2 N–H and O–H groups in total. The summed E-state index contributed by atoms with van der Waals surface area (Å²) in [4.78, 5) is 13.6. The van der Waals surface area contributed by atoms with E-state index in [9.17, 15) is 13.6 Å². The predicted octanol–water partition coefficient (Wildman–Crippen LogP) is -0.320. The zero-order valence-corrected chi connectivity index (χ0v) is 10.5. The van der Waals surface area contributed by atoms with Crippen LogP contribution in [-0.2, 0) is 9.53 Å². The van der Waals surface area contributed by atoms with Gasteiger partial charge in [-0.05, 0) is 0 Å². The molecule has 1 aliphatic heterocycles. The summed E-state index contributed by atoms with van der Waals surface area (Å²) in [5, 5.41) is 6.00. The van der Waals surface area contributed by atoms with Crippen LogP contribution in [0, 0.1) is 0 Å². The van der Waals surface area contributed by atoms with Crippen LogP contribution in [0.2, 0.25) is 0 Å². The number of halogens is 2. The lowest BCUT2D eigenvalue weighted by molar-refractivity contribution is -0.122. The molecule has 1 aliphatic rings. The largest absolute Gasteiger partial charge is 0.375 e. The van der Waals surface area contributed by atoms with Crippen LogP contribution in [0.4, 0.5) is 8.78 Å². The lowest BCUT2D eigenvalue weighted by atomic mass is 10.3. The summed E-state index contributed by atoms with van der Waals surface area (Å²) in [5.41, 5.74) is 0. The van der Waals surface area contributed by atoms with Crippen molar-refractivity contribution in [2.75, 3.05) is 52.5 Å². The minimum Gasteiger partial charge on any atom is -0.375 e. The predicted molar refractivity (Wildman–Crippen MR) is 63.8 cm³/mol. The number of carbonyl (C=O) groups excluding carboxylic acids is 1. The van der Waals surface area contributed by atoms with Crippen LogP contribution >= 0.6 is 0 Å². The van der Waals surface area contributed by atoms with Crippen molar-refractivity contribution in [1.82, 2.24) is 15.5 Å². The summed E-state index contributed by atoms with van der Waals surface area (Å²) >= 11 is 0. The Labute approximate surface area is 106 Å². The molecule has 5 nitrogen and oxygen atoms in total. The third-order valence-electron chi connectivity index (χ3n) is 2.68. The molecule has 1 fully saturated rings. The molecule has 106 valence electrons. The standard InChI is InChI=1S/C11H21F2N3O2/c12-10(13)9-18-8-1-11(17)15-4-7-16-5-2-14-3-6-16/h10,14H,1-9H2,(H,15,17). The van der Waals surface area contributed by atoms with Gasteiger partial charge in [0.2, 0.25) is 5.91 Å². The lowest BCUT2D eigenvalue weighted by Crippen LogP contribution is -2.46. The molecule has 0 aromatic rings. The fourth-order valence-corrected chi connectivity index (χ4v) is 1.71. The molecule has 0 bridgehead atoms. The molecule has 0 aromatic carbocycles. The minimum atomic E-state index is -2.47. The number of nitrogens with one attached hydrogen (secondary N) is 2. The van der Waals surface area contributed by atoms with E-state index < -0.39 is 13.0 Å². The number of ether oxygens (including phenoxy) is 1. The van der Waals surface area contributed by atoms with Gasteiger partial charge in [-0.2, -0.15) is 0 Å². The maximum atomic E-state index is 11.7. The molecule has 0 unspecified atom stereocenters. The lowest BCUT2D eigenvalue weighted by Gasteiger charge is -2.27. The molecule has 1 rings (SSSR count). The summed E-state index contributed by atoms with van der Waals surface area (Å²) in [6.07, 6.45) is -2.34. The van der Waals surface area contributed by atoms with Gasteiger partial charge in [0.15, 0.2) is 0 Å². The second-order valence-electron chi connectivity index (χ2n) is 4.16. The van der Waals surface area contributed by atoms with Crippen LogP contribution in [0.3, 0.4) is 0 Å². The van der Waals surface area contributed by atoms with Gasteiger partial charge in [0.05, 0.1) is 6.61 Å². The average Bonchev–Trinajstić information content (AvgIpc) is 2.36. The Balaban J connectivity index is 1.92. The van der Waals surface area contributed by atoms with E-state index >= 15 is 0 Å². The molecule has 0 saturated carbocycles. The van der Waals surface area contributed by atoms with E-state index in [0.29, 0.717) is 6.54 Å². The maximum Gasteiger partial charge on any atom is 0.261 e. The van der Waals surface area contributed by atoms with E-state index in [2.05, 4.69) is 20.3 Å². The highest BCUT2D eigenvalue weighted by Crippen LogP contribution is 1.94. The van der Waals surface area contributed by atoms with Gasteiger partial charge >= 0.3 is 0 Å². The molecule has 0 spiro atoms. The summed E-state index contributed by atoms with van der Waals surface area (Å²) < 4.78 is 28.1. The molecule has 7 heteroatoms. The van der Waals surface area contributed by atoms with E-state index in [1.54, 1.807) is 0 Å². The third-order valence-corrected chi connectivity index (χ3v) is 2.68. The Kier molecular flexibility index (Phi) is 7.79. The quantitative estimate of drug-likeness (QED) is 0.591. The van der Waals surface area contributed by atoms with Gasteiger partial charge < -0.3 is 15.4 Å². The molecular weight excluding hydrogens is 244 g/mol. The van der Waals surface area contributed by atoms with Crippen LogP contribution in [0.5, 0.6) is 0 Å². The molecule has 1 saturated heterocycles. The first kappa shape index (κ1) is 15.3. The monoisotopic (exact) mass is 265 g/mol. The Morgan fingerprint density at radius 2 is 2.11 bits per heavy atom. The molecule has 18 heavy (non-hydrogen) atoms. The Morgan fingerprint density at radius 1 is 1.39 bits per heavy atom. The molecular formula is C11H21F2N3O2. The van der Waals surface area contributed by atoms with E-state index in [-0.39, 0.29) is 18.9 Å². The summed E-state index contributed by atoms with van der Waals surface area (Å²) in [6, 6.07) is 0. The van der Waals surface area contributed by atoms with Crippen molar-refractivity contribution in [3.05, 3.63) is 0 Å². The Bertz CT molecular complexity index is 236. The maximum absolute atomic E-state index is 11.7. The Hall–Kier alpha value is -0.790. The van der Waals surface area contributed by atoms with Crippen LogP contribution in [0.1, 0.15) is 6.42 Å². The van der Waals surface area contributed by atoms with Crippen molar-refractivity contribution in [3.63, 3.8) is 0 Å². The number of alkyl halides is 2. The summed E-state index contributed by atoms with van der Waals surface area (Å²) in [5.74, 6) is -0.153. The SMILES string of the molecule is O=C(CCOCC(F)F)NCCN1CCNCC1. The van der Waals surface area contributed by atoms with E-state index in [1.165, 1.54) is 0 Å². The normalized spacial score (nSPS) is 17.1. The van der Waals surface area contributed by atoms with Crippen LogP contribution in [0.25, 0.3) is 0 Å². The molecule has 1 amide bonds. The molecule has 0 aliphatic carbocycles. The van der Waals surface area contributed by atoms with Crippen LogP contribution in [0.15, 0.2) is 0 Å². The number of hydrogen-bond donors (Lipinski definition) is 2. The first-order valence-electron chi connectivity index (χ1n) is 6.24. The van der Waals surface area contributed by atoms with Gasteiger partial charge in [-0.15, -0.1) is 0 Å². The fraction of sp³-hybridized carbons (Fsp3) is 0.909. The molecule has 0 aromatic heterocycles. The average molecular weight is 265 g/mol. The second kappa shape index (κ2) is 9.18. The summed E-state index contributed by atoms with van der Waals surface area (Å²) in [6.45, 7) is 4.81. The van der Waals surface area contributed by atoms with Crippen molar-refractivity contribution < 1.29 is 18.3 Å². The Morgan fingerprint density at radius 3 is 2.78 bits per heavy atom. The molecule has 0 radical (unpaired) electrons. The first-order valence-corrected chi connectivity index (χ1v) is 6.24. The van der Waals surface area contributed by atoms with Crippen molar-refractivity contribution in [1.29, 1.82) is 0 Å². The topological polar surface area (TPSA) is 53.6 Å². The van der Waals surface area contributed by atoms with E-state index in [0.717, 1.165) is 32.7 Å². The first-order chi connectivity index (χ1) is 8.68. The van der Waals surface area contributed by atoms with E-state index in [1.807, 2.05) is 0 Å². The van der Waals surface area contributed by atoms with Crippen LogP contribution in [-0.4, -0.2) is 69.7 Å². The van der Waals surface area contributed by atoms with Crippen molar-refractivity contribution in [2.24, 2.45) is 0 Å². The van der Waals surface area contributed by atoms with Gasteiger partial charge in [-0.1, -0.05) is 0 Å². The fourth-order valence-electron chi connectivity index (χ4n) is 1.71. The highest BCUT2D eigenvalue weighted by Gasteiger charge is 2.09. The smallest absolute Gasteiger partial charge is 0.261 e. The number of amides is 1. The van der Waals surface area contributed by atoms with Gasteiger partial charge in [0.25, 0.3) is 6.43 Å². The van der Waals surface area contributed by atoms with Gasteiger partial charge in [0.1, 0.15) is 6.61 Å². The third kappa shape index (κ3) is 7.52. The zero-order chi connectivity index (χ0) is 13.2. The van der Waals surface area contributed by atoms with Crippen molar-refractivity contribution >= 4 is 5.91 Å². The highest BCUT2D eigenvalue weighted by atomic mass is 19.3. The van der Waals surface area contributed by atoms with Gasteiger partial charge in [0, 0.05) is 45.7 Å².